The Hall–Kier alpha value is -1.40. The molecule has 9 atom stereocenters. The number of aryl methyl sites for hydroxylation is 1. The molecule has 0 bridgehead atoms. The maximum Gasteiger partial charge on any atom is 0.237 e. The Kier molecular flexibility index (Phi) is 10.9. The van der Waals surface area contributed by atoms with Crippen molar-refractivity contribution in [1.29, 1.82) is 0 Å². The number of aliphatic hydroxyl groups is 4. The van der Waals surface area contributed by atoms with Gasteiger partial charge < -0.3 is 35.2 Å². The Morgan fingerprint density at radius 3 is 2.53 bits per heavy atom. The van der Waals surface area contributed by atoms with Crippen LogP contribution < -0.4 is 10.1 Å². The van der Waals surface area contributed by atoms with E-state index in [1.54, 1.807) is 7.11 Å². The van der Waals surface area contributed by atoms with Gasteiger partial charge in [0.2, 0.25) is 5.91 Å². The fourth-order valence-electron chi connectivity index (χ4n) is 5.16. The summed E-state index contributed by atoms with van der Waals surface area (Å²) in [6.07, 6.45) is -2.81. The number of likely N-dealkylation sites (N-methyl/N-ethyl adjacent to an activating group) is 1. The highest BCUT2D eigenvalue weighted by molar-refractivity contribution is 7.99. The van der Waals surface area contributed by atoms with Crippen LogP contribution in [0, 0.1) is 5.92 Å². The zero-order chi connectivity index (χ0) is 26.4. The summed E-state index contributed by atoms with van der Waals surface area (Å²) >= 11 is 1.32. The van der Waals surface area contributed by atoms with Gasteiger partial charge in [-0.1, -0.05) is 25.5 Å². The van der Waals surface area contributed by atoms with Gasteiger partial charge in [0.15, 0.2) is 0 Å². The Labute approximate surface area is 218 Å². The number of benzene rings is 1. The van der Waals surface area contributed by atoms with E-state index in [4.69, 9.17) is 9.47 Å². The van der Waals surface area contributed by atoms with Crippen molar-refractivity contribution in [3.05, 3.63) is 29.8 Å². The molecule has 36 heavy (non-hydrogen) atoms. The number of hydrogen-bond donors (Lipinski definition) is 5. The molecule has 0 spiro atoms. The molecule has 0 unspecified atom stereocenters. The Morgan fingerprint density at radius 1 is 1.22 bits per heavy atom. The van der Waals surface area contributed by atoms with Crippen LogP contribution in [-0.4, -0.2) is 106 Å². The van der Waals surface area contributed by atoms with Gasteiger partial charge in [-0.3, -0.25) is 9.69 Å². The predicted molar refractivity (Wildman–Crippen MR) is 139 cm³/mol. The lowest BCUT2D eigenvalue weighted by Gasteiger charge is -2.44. The molecule has 0 radical (unpaired) electrons. The highest BCUT2D eigenvalue weighted by atomic mass is 32.2. The zero-order valence-electron chi connectivity index (χ0n) is 21.6. The van der Waals surface area contributed by atoms with Crippen molar-refractivity contribution < 1.29 is 34.7 Å². The highest BCUT2D eigenvalue weighted by Gasteiger charge is 2.48. The van der Waals surface area contributed by atoms with Crippen molar-refractivity contribution in [2.75, 3.05) is 26.5 Å². The standard InChI is InChI=1S/C26H42N2O7S/c1-5-6-17-13-19(28(3)14-17)25(33)27-20(15(2)29)24-22(31)21(30)23(32)26(35-24)36-12-11-16-7-9-18(34-4)10-8-16/h7-10,15,17,19-24,26,29-32H,5-6,11-14H2,1-4H3,(H,27,33)/t15-,17-,19+,20-,21+,22-,23-,24-,26-/m1/s1. The number of aliphatic hydroxyl groups excluding tert-OH is 4. The zero-order valence-corrected chi connectivity index (χ0v) is 22.4. The molecular weight excluding hydrogens is 484 g/mol. The van der Waals surface area contributed by atoms with Gasteiger partial charge in [0.05, 0.1) is 25.3 Å². The largest absolute Gasteiger partial charge is 0.497 e. The quantitative estimate of drug-likeness (QED) is 0.284. The van der Waals surface area contributed by atoms with E-state index in [0.717, 1.165) is 37.1 Å². The first-order chi connectivity index (χ1) is 17.2. The molecule has 204 valence electrons. The molecule has 0 saturated carbocycles. The normalized spacial score (nSPS) is 32.7. The minimum Gasteiger partial charge on any atom is -0.497 e. The number of thioether (sulfide) groups is 1. The number of likely N-dealkylation sites (tertiary alicyclic amines) is 1. The summed E-state index contributed by atoms with van der Waals surface area (Å²) in [6.45, 7) is 4.48. The monoisotopic (exact) mass is 526 g/mol. The average molecular weight is 527 g/mol. The molecule has 9 nitrogen and oxygen atoms in total. The van der Waals surface area contributed by atoms with E-state index in [0.29, 0.717) is 18.1 Å². The van der Waals surface area contributed by atoms with Crippen LogP contribution in [0.4, 0.5) is 0 Å². The third-order valence-corrected chi connectivity index (χ3v) is 8.41. The van der Waals surface area contributed by atoms with Crippen LogP contribution in [0.2, 0.25) is 0 Å². The van der Waals surface area contributed by atoms with Gasteiger partial charge in [-0.25, -0.2) is 0 Å². The first-order valence-electron chi connectivity index (χ1n) is 12.8. The number of nitrogens with zero attached hydrogens (tertiary/aromatic N) is 1. The summed E-state index contributed by atoms with van der Waals surface area (Å²) in [4.78, 5) is 15.2. The number of carbonyl (C=O) groups excluding carboxylic acids is 1. The van der Waals surface area contributed by atoms with Crippen LogP contribution >= 0.6 is 11.8 Å². The van der Waals surface area contributed by atoms with Gasteiger partial charge in [-0.15, -0.1) is 11.8 Å². The fraction of sp³-hybridized carbons (Fsp3) is 0.731. The fourth-order valence-corrected chi connectivity index (χ4v) is 6.31. The lowest BCUT2D eigenvalue weighted by Crippen LogP contribution is -2.65. The second-order valence-corrected chi connectivity index (χ2v) is 11.2. The van der Waals surface area contributed by atoms with Crippen molar-refractivity contribution in [2.45, 2.75) is 87.6 Å². The Balaban J connectivity index is 1.63. The lowest BCUT2D eigenvalue weighted by atomic mass is 9.92. The number of hydrogen-bond acceptors (Lipinski definition) is 9. The van der Waals surface area contributed by atoms with Crippen molar-refractivity contribution in [3.63, 3.8) is 0 Å². The van der Waals surface area contributed by atoms with Crippen LogP contribution in [0.3, 0.4) is 0 Å². The number of carbonyl (C=O) groups is 1. The van der Waals surface area contributed by atoms with E-state index in [1.807, 2.05) is 36.2 Å². The third kappa shape index (κ3) is 7.12. The molecule has 2 aliphatic heterocycles. The minimum absolute atomic E-state index is 0.234. The Morgan fingerprint density at radius 2 is 1.92 bits per heavy atom. The molecule has 2 saturated heterocycles. The smallest absolute Gasteiger partial charge is 0.237 e. The molecule has 10 heteroatoms. The maximum atomic E-state index is 13.1. The molecule has 0 aliphatic carbocycles. The number of rotatable bonds is 11. The molecule has 1 amide bonds. The number of methoxy groups -OCH3 is 1. The maximum absolute atomic E-state index is 13.1. The van der Waals surface area contributed by atoms with Crippen LogP contribution in [0.25, 0.3) is 0 Å². The molecule has 5 N–H and O–H groups in total. The van der Waals surface area contributed by atoms with Crippen LogP contribution in [0.15, 0.2) is 24.3 Å². The van der Waals surface area contributed by atoms with E-state index < -0.39 is 42.0 Å². The molecule has 1 aromatic carbocycles. The van der Waals surface area contributed by atoms with Gasteiger partial charge in [-0.2, -0.15) is 0 Å². The SMILES string of the molecule is CCC[C@@H]1C[C@@H](C(=O)N[C@@H]([C@H]2O[C@H](SCCc3ccc(OC)cc3)[C@H](O)[C@@H](O)[C@H]2O)[C@@H](C)O)N(C)C1. The lowest BCUT2D eigenvalue weighted by molar-refractivity contribution is -0.211. The third-order valence-electron chi connectivity index (χ3n) is 7.26. The summed E-state index contributed by atoms with van der Waals surface area (Å²) in [5, 5.41) is 45.2. The molecule has 3 rings (SSSR count). The summed E-state index contributed by atoms with van der Waals surface area (Å²) < 4.78 is 11.2. The van der Waals surface area contributed by atoms with Gasteiger partial charge in [0, 0.05) is 6.54 Å². The van der Waals surface area contributed by atoms with Gasteiger partial charge in [0.25, 0.3) is 0 Å². The van der Waals surface area contributed by atoms with Crippen molar-refractivity contribution >= 4 is 17.7 Å². The first-order valence-corrected chi connectivity index (χ1v) is 13.8. The van der Waals surface area contributed by atoms with Gasteiger partial charge in [0.1, 0.15) is 35.6 Å². The summed E-state index contributed by atoms with van der Waals surface area (Å²) in [5.41, 5.74) is 0.259. The van der Waals surface area contributed by atoms with Crippen molar-refractivity contribution in [3.8, 4) is 5.75 Å². The van der Waals surface area contributed by atoms with E-state index in [2.05, 4.69) is 12.2 Å². The van der Waals surface area contributed by atoms with E-state index in [9.17, 15) is 25.2 Å². The van der Waals surface area contributed by atoms with Crippen LogP contribution in [-0.2, 0) is 16.0 Å². The van der Waals surface area contributed by atoms with Gasteiger partial charge in [-0.05, 0) is 62.6 Å². The summed E-state index contributed by atoms with van der Waals surface area (Å²) in [7, 11) is 3.53. The molecule has 2 fully saturated rings. The number of nitrogens with one attached hydrogen (secondary N) is 1. The Bertz CT molecular complexity index is 827. The molecule has 1 aromatic rings. The average Bonchev–Trinajstić information content (AvgIpc) is 3.23. The summed E-state index contributed by atoms with van der Waals surface area (Å²) in [6, 6.07) is 6.41. The molecule has 2 aliphatic rings. The topological polar surface area (TPSA) is 132 Å². The second kappa shape index (κ2) is 13.4. The highest BCUT2D eigenvalue weighted by Crippen LogP contribution is 2.32. The van der Waals surface area contributed by atoms with Crippen LogP contribution in [0.1, 0.15) is 38.7 Å². The molecule has 2 heterocycles. The van der Waals surface area contributed by atoms with E-state index in [1.165, 1.54) is 18.7 Å². The minimum atomic E-state index is -1.47. The molecular formula is C26H42N2O7S. The number of amides is 1. The number of ether oxygens (including phenoxy) is 2. The van der Waals surface area contributed by atoms with E-state index in [-0.39, 0.29) is 11.9 Å². The van der Waals surface area contributed by atoms with Crippen molar-refractivity contribution in [2.24, 2.45) is 5.92 Å². The second-order valence-electron chi connectivity index (χ2n) is 10.0. The van der Waals surface area contributed by atoms with Crippen LogP contribution in [0.5, 0.6) is 5.75 Å². The predicted octanol–water partition coefficient (Wildman–Crippen LogP) is 0.765. The van der Waals surface area contributed by atoms with E-state index >= 15 is 0 Å². The van der Waals surface area contributed by atoms with Gasteiger partial charge >= 0.3 is 0 Å². The summed E-state index contributed by atoms with van der Waals surface area (Å²) in [5.74, 6) is 1.58. The van der Waals surface area contributed by atoms with Crippen molar-refractivity contribution in [1.82, 2.24) is 10.2 Å². The molecule has 0 aromatic heterocycles. The first kappa shape index (κ1) is 29.2.